The van der Waals surface area contributed by atoms with Gasteiger partial charge in [0.25, 0.3) is 0 Å². The van der Waals surface area contributed by atoms with Crippen LogP contribution in [0.3, 0.4) is 0 Å². The Morgan fingerprint density at radius 2 is 2.21 bits per heavy atom. The molecule has 2 heterocycles. The zero-order chi connectivity index (χ0) is 9.80. The van der Waals surface area contributed by atoms with Gasteiger partial charge in [-0.05, 0) is 17.7 Å². The minimum atomic E-state index is 0.0458. The Morgan fingerprint density at radius 3 is 2.79 bits per heavy atom. The lowest BCUT2D eigenvalue weighted by atomic mass is 10.2. The lowest BCUT2D eigenvalue weighted by molar-refractivity contribution is -0.124. The molecule has 74 valence electrons. The summed E-state index contributed by atoms with van der Waals surface area (Å²) in [6.45, 7) is 1.28. The highest BCUT2D eigenvalue weighted by Gasteiger charge is 2.19. The fourth-order valence-electron chi connectivity index (χ4n) is 1.28. The van der Waals surface area contributed by atoms with Crippen molar-refractivity contribution >= 4 is 5.91 Å². The molecule has 1 amide bonds. The van der Waals surface area contributed by atoms with Crippen LogP contribution in [-0.2, 0) is 16.0 Å². The second-order valence-corrected chi connectivity index (χ2v) is 3.33. The molecule has 1 aliphatic rings. The molecule has 4 heteroatoms. The first-order valence-corrected chi connectivity index (χ1v) is 4.60. The molecular weight excluding hydrogens is 180 g/mol. The third-order valence-electron chi connectivity index (χ3n) is 2.12. The molecule has 0 saturated carbocycles. The summed E-state index contributed by atoms with van der Waals surface area (Å²) in [5, 5.41) is 2.88. The molecule has 0 bridgehead atoms. The summed E-state index contributed by atoms with van der Waals surface area (Å²) in [5.41, 5.74) is 0.984. The van der Waals surface area contributed by atoms with Gasteiger partial charge in [0.2, 0.25) is 5.91 Å². The average Bonchev–Trinajstić information content (AvgIpc) is 2.13. The summed E-state index contributed by atoms with van der Waals surface area (Å²) >= 11 is 0. The quantitative estimate of drug-likeness (QED) is 0.741. The first-order valence-electron chi connectivity index (χ1n) is 4.60. The minimum Gasteiger partial charge on any atom is -0.377 e. The Bertz CT molecular complexity index is 309. The summed E-state index contributed by atoms with van der Waals surface area (Å²) in [6, 6.07) is 3.90. The molecule has 0 aliphatic carbocycles. The number of nitrogens with zero attached hydrogens (tertiary/aromatic N) is 1. The van der Waals surface area contributed by atoms with Crippen molar-refractivity contribution < 1.29 is 9.53 Å². The number of rotatable bonds is 3. The molecule has 0 radical (unpaired) electrons. The topological polar surface area (TPSA) is 51.2 Å². The van der Waals surface area contributed by atoms with Crippen LogP contribution in [0.1, 0.15) is 5.56 Å². The monoisotopic (exact) mass is 192 g/mol. The van der Waals surface area contributed by atoms with Crippen LogP contribution < -0.4 is 5.32 Å². The highest BCUT2D eigenvalue weighted by molar-refractivity contribution is 5.78. The van der Waals surface area contributed by atoms with E-state index in [1.165, 1.54) is 0 Å². The fourth-order valence-corrected chi connectivity index (χ4v) is 1.28. The van der Waals surface area contributed by atoms with E-state index in [0.29, 0.717) is 19.6 Å². The minimum absolute atomic E-state index is 0.0458. The molecule has 4 nitrogen and oxygen atoms in total. The Balaban J connectivity index is 1.82. The van der Waals surface area contributed by atoms with Gasteiger partial charge in [-0.2, -0.15) is 0 Å². The van der Waals surface area contributed by atoms with Gasteiger partial charge in [0.05, 0.1) is 25.7 Å². The zero-order valence-electron chi connectivity index (χ0n) is 7.77. The highest BCUT2D eigenvalue weighted by Crippen LogP contribution is 2.01. The lowest BCUT2D eigenvalue weighted by Gasteiger charge is -2.26. The van der Waals surface area contributed by atoms with Gasteiger partial charge in [-0.3, -0.25) is 9.78 Å². The number of carbonyl (C=O) groups excluding carboxylic acids is 1. The summed E-state index contributed by atoms with van der Waals surface area (Å²) < 4.78 is 4.96. The van der Waals surface area contributed by atoms with Gasteiger partial charge >= 0.3 is 0 Å². The number of amides is 1. The third-order valence-corrected chi connectivity index (χ3v) is 2.12. The summed E-state index contributed by atoms with van der Waals surface area (Å²) in [4.78, 5) is 15.3. The van der Waals surface area contributed by atoms with E-state index in [4.69, 9.17) is 4.74 Å². The van der Waals surface area contributed by atoms with Crippen LogP contribution in [0.4, 0.5) is 0 Å². The van der Waals surface area contributed by atoms with Crippen molar-refractivity contribution in [3.05, 3.63) is 30.1 Å². The van der Waals surface area contributed by atoms with E-state index in [1.807, 2.05) is 12.1 Å². The molecule has 14 heavy (non-hydrogen) atoms. The van der Waals surface area contributed by atoms with Crippen LogP contribution >= 0.6 is 0 Å². The van der Waals surface area contributed by atoms with Crippen LogP contribution in [0.15, 0.2) is 24.5 Å². The maximum absolute atomic E-state index is 11.4. The largest absolute Gasteiger partial charge is 0.377 e. The predicted molar refractivity (Wildman–Crippen MR) is 50.7 cm³/mol. The number of pyridine rings is 1. The van der Waals surface area contributed by atoms with E-state index in [0.717, 1.165) is 5.56 Å². The molecule has 1 fully saturated rings. The second-order valence-electron chi connectivity index (χ2n) is 3.33. The van der Waals surface area contributed by atoms with Crippen LogP contribution in [-0.4, -0.2) is 30.1 Å². The van der Waals surface area contributed by atoms with Gasteiger partial charge in [0.15, 0.2) is 0 Å². The first-order chi connectivity index (χ1) is 6.84. The van der Waals surface area contributed by atoms with Gasteiger partial charge in [0, 0.05) is 12.4 Å². The van der Waals surface area contributed by atoms with Crippen molar-refractivity contribution in [2.45, 2.75) is 12.5 Å². The standard InChI is InChI=1S/C10H12N2O2/c13-10(12-9-6-14-7-9)5-8-1-3-11-4-2-8/h1-4,9H,5-7H2,(H,12,13). The van der Waals surface area contributed by atoms with Crippen molar-refractivity contribution in [2.75, 3.05) is 13.2 Å². The fraction of sp³-hybridized carbons (Fsp3) is 0.400. The van der Waals surface area contributed by atoms with Crippen molar-refractivity contribution in [1.82, 2.24) is 10.3 Å². The smallest absolute Gasteiger partial charge is 0.224 e. The first kappa shape index (κ1) is 9.15. The SMILES string of the molecule is O=C(Cc1ccncc1)NC1COC1. The number of aromatic nitrogens is 1. The van der Waals surface area contributed by atoms with Crippen LogP contribution in [0.2, 0.25) is 0 Å². The summed E-state index contributed by atoms with van der Waals surface area (Å²) in [7, 11) is 0. The highest BCUT2D eigenvalue weighted by atomic mass is 16.5. The van der Waals surface area contributed by atoms with E-state index in [2.05, 4.69) is 10.3 Å². The number of carbonyl (C=O) groups is 1. The van der Waals surface area contributed by atoms with E-state index < -0.39 is 0 Å². The predicted octanol–water partition coefficient (Wildman–Crippen LogP) is 0.139. The maximum Gasteiger partial charge on any atom is 0.224 e. The second kappa shape index (κ2) is 4.19. The maximum atomic E-state index is 11.4. The number of nitrogens with one attached hydrogen (secondary N) is 1. The van der Waals surface area contributed by atoms with Crippen molar-refractivity contribution in [1.29, 1.82) is 0 Å². The average molecular weight is 192 g/mol. The van der Waals surface area contributed by atoms with E-state index >= 15 is 0 Å². The van der Waals surface area contributed by atoms with Crippen LogP contribution in [0, 0.1) is 0 Å². The van der Waals surface area contributed by atoms with Crippen molar-refractivity contribution in [3.63, 3.8) is 0 Å². The molecule has 0 spiro atoms. The Hall–Kier alpha value is -1.42. The van der Waals surface area contributed by atoms with E-state index in [9.17, 15) is 4.79 Å². The molecule has 1 aromatic rings. The summed E-state index contributed by atoms with van der Waals surface area (Å²) in [6.07, 6.45) is 3.79. The van der Waals surface area contributed by atoms with Gasteiger partial charge in [-0.25, -0.2) is 0 Å². The molecule has 1 aliphatic heterocycles. The molecular formula is C10H12N2O2. The molecule has 1 saturated heterocycles. The molecule has 0 atom stereocenters. The van der Waals surface area contributed by atoms with Crippen LogP contribution in [0.5, 0.6) is 0 Å². The number of ether oxygens (including phenoxy) is 1. The zero-order valence-corrected chi connectivity index (χ0v) is 7.77. The Labute approximate surface area is 82.3 Å². The number of hydrogen-bond acceptors (Lipinski definition) is 3. The third kappa shape index (κ3) is 2.29. The van der Waals surface area contributed by atoms with Crippen LogP contribution in [0.25, 0.3) is 0 Å². The Kier molecular flexibility index (Phi) is 2.74. The van der Waals surface area contributed by atoms with E-state index in [-0.39, 0.29) is 11.9 Å². The normalized spacial score (nSPS) is 16.0. The Morgan fingerprint density at radius 1 is 1.50 bits per heavy atom. The summed E-state index contributed by atoms with van der Waals surface area (Å²) in [5.74, 6) is 0.0458. The van der Waals surface area contributed by atoms with Gasteiger partial charge < -0.3 is 10.1 Å². The molecule has 1 aromatic heterocycles. The molecule has 2 rings (SSSR count). The van der Waals surface area contributed by atoms with Crippen molar-refractivity contribution in [3.8, 4) is 0 Å². The molecule has 0 aromatic carbocycles. The van der Waals surface area contributed by atoms with Gasteiger partial charge in [-0.1, -0.05) is 0 Å². The number of hydrogen-bond donors (Lipinski definition) is 1. The molecule has 1 N–H and O–H groups in total. The molecule has 0 unspecified atom stereocenters. The van der Waals surface area contributed by atoms with Crippen molar-refractivity contribution in [2.24, 2.45) is 0 Å². The van der Waals surface area contributed by atoms with Gasteiger partial charge in [0.1, 0.15) is 0 Å². The van der Waals surface area contributed by atoms with E-state index in [1.54, 1.807) is 12.4 Å². The van der Waals surface area contributed by atoms with Gasteiger partial charge in [-0.15, -0.1) is 0 Å². The lowest BCUT2D eigenvalue weighted by Crippen LogP contribution is -2.49.